The highest BCUT2D eigenvalue weighted by Crippen LogP contribution is 2.17. The lowest BCUT2D eigenvalue weighted by atomic mass is 10.1. The molecular formula is C14H16N2O2. The van der Waals surface area contributed by atoms with E-state index in [0.29, 0.717) is 0 Å². The van der Waals surface area contributed by atoms with E-state index in [1.165, 1.54) is 11.1 Å². The molecule has 0 spiro atoms. The standard InChI is InChI=1S/C14H16N2O2/c1-9-4-10(2)6-13(5-9)16-11(3)12(8-15-16)7-14(17)18/h4-6,8H,7H2,1-3H3,(H,17,18). The van der Waals surface area contributed by atoms with Crippen LogP contribution in [-0.4, -0.2) is 20.9 Å². The molecule has 18 heavy (non-hydrogen) atoms. The van der Waals surface area contributed by atoms with E-state index in [0.717, 1.165) is 16.9 Å². The zero-order chi connectivity index (χ0) is 13.3. The quantitative estimate of drug-likeness (QED) is 0.902. The Morgan fingerprint density at radius 3 is 2.39 bits per heavy atom. The first kappa shape index (κ1) is 12.4. The Kier molecular flexibility index (Phi) is 3.19. The Morgan fingerprint density at radius 2 is 1.83 bits per heavy atom. The van der Waals surface area contributed by atoms with Gasteiger partial charge in [0.1, 0.15) is 0 Å². The van der Waals surface area contributed by atoms with Gasteiger partial charge in [0.15, 0.2) is 0 Å². The first-order chi connectivity index (χ1) is 8.47. The number of aromatic nitrogens is 2. The van der Waals surface area contributed by atoms with E-state index in [-0.39, 0.29) is 6.42 Å². The van der Waals surface area contributed by atoms with Crippen molar-refractivity contribution in [2.24, 2.45) is 0 Å². The van der Waals surface area contributed by atoms with Gasteiger partial charge in [0, 0.05) is 11.3 Å². The number of aliphatic carboxylic acids is 1. The molecule has 2 rings (SSSR count). The fourth-order valence-corrected chi connectivity index (χ4v) is 2.11. The number of carboxylic acids is 1. The molecule has 0 aliphatic rings. The summed E-state index contributed by atoms with van der Waals surface area (Å²) in [6.45, 7) is 5.96. The van der Waals surface area contributed by atoms with Gasteiger partial charge in [-0.15, -0.1) is 0 Å². The van der Waals surface area contributed by atoms with Gasteiger partial charge in [-0.1, -0.05) is 6.07 Å². The summed E-state index contributed by atoms with van der Waals surface area (Å²) in [6, 6.07) is 6.18. The summed E-state index contributed by atoms with van der Waals surface area (Å²) in [4.78, 5) is 10.7. The molecule has 0 aliphatic carbocycles. The Morgan fingerprint density at radius 1 is 1.22 bits per heavy atom. The first-order valence-corrected chi connectivity index (χ1v) is 5.81. The maximum absolute atomic E-state index is 10.7. The van der Waals surface area contributed by atoms with E-state index in [1.54, 1.807) is 10.9 Å². The molecule has 4 heteroatoms. The average Bonchev–Trinajstić information content (AvgIpc) is 2.58. The molecule has 1 aromatic carbocycles. The zero-order valence-electron chi connectivity index (χ0n) is 10.8. The van der Waals surface area contributed by atoms with Gasteiger partial charge in [0.2, 0.25) is 0 Å². The number of nitrogens with zero attached hydrogens (tertiary/aromatic N) is 2. The minimum atomic E-state index is -0.835. The maximum Gasteiger partial charge on any atom is 0.307 e. The molecule has 4 nitrogen and oxygen atoms in total. The highest BCUT2D eigenvalue weighted by Gasteiger charge is 2.11. The smallest absolute Gasteiger partial charge is 0.307 e. The van der Waals surface area contributed by atoms with Gasteiger partial charge in [0.05, 0.1) is 18.3 Å². The molecule has 0 bridgehead atoms. The van der Waals surface area contributed by atoms with E-state index < -0.39 is 5.97 Å². The van der Waals surface area contributed by atoms with Crippen molar-refractivity contribution in [1.29, 1.82) is 0 Å². The molecule has 0 fully saturated rings. The van der Waals surface area contributed by atoms with Gasteiger partial charge < -0.3 is 5.11 Å². The highest BCUT2D eigenvalue weighted by atomic mass is 16.4. The number of carboxylic acid groups (broad SMARTS) is 1. The van der Waals surface area contributed by atoms with Crippen molar-refractivity contribution in [1.82, 2.24) is 9.78 Å². The molecule has 1 aromatic heterocycles. The van der Waals surface area contributed by atoms with Crippen LogP contribution < -0.4 is 0 Å². The third kappa shape index (κ3) is 2.42. The van der Waals surface area contributed by atoms with Crippen LogP contribution in [0.5, 0.6) is 0 Å². The van der Waals surface area contributed by atoms with Crippen LogP contribution in [0.15, 0.2) is 24.4 Å². The summed E-state index contributed by atoms with van der Waals surface area (Å²) < 4.78 is 1.79. The number of aryl methyl sites for hydroxylation is 2. The van der Waals surface area contributed by atoms with Crippen molar-refractivity contribution in [2.45, 2.75) is 27.2 Å². The molecule has 0 radical (unpaired) electrons. The monoisotopic (exact) mass is 244 g/mol. The van der Waals surface area contributed by atoms with Gasteiger partial charge in [-0.25, -0.2) is 4.68 Å². The second kappa shape index (κ2) is 4.64. The Balaban J connectivity index is 2.45. The van der Waals surface area contributed by atoms with E-state index in [9.17, 15) is 4.79 Å². The van der Waals surface area contributed by atoms with Crippen molar-refractivity contribution in [3.63, 3.8) is 0 Å². The fraction of sp³-hybridized carbons (Fsp3) is 0.286. The number of rotatable bonds is 3. The van der Waals surface area contributed by atoms with Crippen LogP contribution in [0.25, 0.3) is 5.69 Å². The molecule has 0 aliphatic heterocycles. The summed E-state index contributed by atoms with van der Waals surface area (Å²) in [6.07, 6.45) is 1.64. The van der Waals surface area contributed by atoms with E-state index >= 15 is 0 Å². The molecular weight excluding hydrogens is 228 g/mol. The second-order valence-corrected chi connectivity index (χ2v) is 4.58. The summed E-state index contributed by atoms with van der Waals surface area (Å²) in [5, 5.41) is 13.1. The third-order valence-electron chi connectivity index (χ3n) is 2.90. The summed E-state index contributed by atoms with van der Waals surface area (Å²) >= 11 is 0. The van der Waals surface area contributed by atoms with Crippen LogP contribution >= 0.6 is 0 Å². The highest BCUT2D eigenvalue weighted by molar-refractivity contribution is 5.70. The lowest BCUT2D eigenvalue weighted by Crippen LogP contribution is -2.03. The van der Waals surface area contributed by atoms with Crippen molar-refractivity contribution < 1.29 is 9.90 Å². The number of hydrogen-bond acceptors (Lipinski definition) is 2. The van der Waals surface area contributed by atoms with Gasteiger partial charge in [0.25, 0.3) is 0 Å². The molecule has 0 atom stereocenters. The average molecular weight is 244 g/mol. The SMILES string of the molecule is Cc1cc(C)cc(-n2ncc(CC(=O)O)c2C)c1. The Labute approximate surface area is 106 Å². The van der Waals surface area contributed by atoms with Gasteiger partial charge in [-0.2, -0.15) is 5.10 Å². The van der Waals surface area contributed by atoms with E-state index in [4.69, 9.17) is 5.11 Å². The van der Waals surface area contributed by atoms with Crippen molar-refractivity contribution in [3.8, 4) is 5.69 Å². The lowest BCUT2D eigenvalue weighted by Gasteiger charge is -2.07. The van der Waals surface area contributed by atoms with Crippen molar-refractivity contribution in [3.05, 3.63) is 46.8 Å². The first-order valence-electron chi connectivity index (χ1n) is 5.81. The Hall–Kier alpha value is -2.10. The minimum absolute atomic E-state index is 0.0105. The number of hydrogen-bond donors (Lipinski definition) is 1. The second-order valence-electron chi connectivity index (χ2n) is 4.58. The number of carbonyl (C=O) groups is 1. The van der Waals surface area contributed by atoms with Crippen molar-refractivity contribution >= 4 is 5.97 Å². The molecule has 0 amide bonds. The van der Waals surface area contributed by atoms with Gasteiger partial charge in [-0.05, 0) is 44.0 Å². The molecule has 1 N–H and O–H groups in total. The van der Waals surface area contributed by atoms with E-state index in [1.807, 2.05) is 32.9 Å². The van der Waals surface area contributed by atoms with Crippen molar-refractivity contribution in [2.75, 3.05) is 0 Å². The predicted octanol–water partition coefficient (Wildman–Crippen LogP) is 2.42. The molecule has 0 saturated carbocycles. The van der Waals surface area contributed by atoms with Crippen LogP contribution in [0.2, 0.25) is 0 Å². The largest absolute Gasteiger partial charge is 0.481 e. The minimum Gasteiger partial charge on any atom is -0.481 e. The summed E-state index contributed by atoms with van der Waals surface area (Å²) in [7, 11) is 0. The molecule has 94 valence electrons. The fourth-order valence-electron chi connectivity index (χ4n) is 2.11. The predicted molar refractivity (Wildman–Crippen MR) is 69.1 cm³/mol. The van der Waals surface area contributed by atoms with Crippen LogP contribution in [0.4, 0.5) is 0 Å². The van der Waals surface area contributed by atoms with Crippen LogP contribution in [-0.2, 0) is 11.2 Å². The number of benzene rings is 1. The molecule has 0 unspecified atom stereocenters. The normalized spacial score (nSPS) is 10.6. The summed E-state index contributed by atoms with van der Waals surface area (Å²) in [5.74, 6) is -0.835. The van der Waals surface area contributed by atoms with Crippen LogP contribution in [0, 0.1) is 20.8 Å². The van der Waals surface area contributed by atoms with Crippen LogP contribution in [0.3, 0.4) is 0 Å². The van der Waals surface area contributed by atoms with E-state index in [2.05, 4.69) is 11.2 Å². The molecule has 2 aromatic rings. The van der Waals surface area contributed by atoms with Gasteiger partial charge >= 0.3 is 5.97 Å². The molecule has 1 heterocycles. The Bertz CT molecular complexity index is 580. The lowest BCUT2D eigenvalue weighted by molar-refractivity contribution is -0.136. The maximum atomic E-state index is 10.7. The zero-order valence-corrected chi connectivity index (χ0v) is 10.8. The third-order valence-corrected chi connectivity index (χ3v) is 2.90. The van der Waals surface area contributed by atoms with Crippen LogP contribution in [0.1, 0.15) is 22.4 Å². The topological polar surface area (TPSA) is 55.1 Å². The summed E-state index contributed by atoms with van der Waals surface area (Å²) in [5.41, 5.74) is 4.94. The van der Waals surface area contributed by atoms with Gasteiger partial charge in [-0.3, -0.25) is 4.79 Å². The molecule has 0 saturated heterocycles.